The van der Waals surface area contributed by atoms with Gasteiger partial charge in [0.25, 0.3) is 0 Å². The average molecular weight is 521 g/mol. The summed E-state index contributed by atoms with van der Waals surface area (Å²) in [6.45, 7) is 6.06. The van der Waals surface area contributed by atoms with Crippen molar-refractivity contribution in [2.45, 2.75) is 50.9 Å². The zero-order valence-electron chi connectivity index (χ0n) is 21.9. The Morgan fingerprint density at radius 2 is 1.68 bits per heavy atom. The minimum Gasteiger partial charge on any atom is -0.396 e. The van der Waals surface area contributed by atoms with Crippen LogP contribution in [0.4, 0.5) is 17.1 Å². The van der Waals surface area contributed by atoms with Crippen LogP contribution in [-0.2, 0) is 19.1 Å². The molecule has 2 aromatic carbocycles. The molecule has 1 spiro atoms. The Bertz CT molecular complexity index is 1170. The van der Waals surface area contributed by atoms with Crippen molar-refractivity contribution in [1.29, 1.82) is 0 Å². The Morgan fingerprint density at radius 3 is 2.34 bits per heavy atom. The number of hydrogen-bond acceptors (Lipinski definition) is 6. The number of carbonyl (C=O) groups is 3. The van der Waals surface area contributed by atoms with E-state index in [1.807, 2.05) is 42.5 Å². The highest BCUT2D eigenvalue weighted by atomic mass is 16.5. The molecule has 3 amide bonds. The second-order valence-corrected chi connectivity index (χ2v) is 10.2. The van der Waals surface area contributed by atoms with Gasteiger partial charge in [0, 0.05) is 43.3 Å². The zero-order chi connectivity index (χ0) is 26.9. The molecular weight excluding hydrogens is 484 g/mol. The predicted octanol–water partition coefficient (Wildman–Crippen LogP) is 2.87. The molecule has 2 bridgehead atoms. The monoisotopic (exact) mass is 520 g/mol. The summed E-state index contributed by atoms with van der Waals surface area (Å²) in [4.78, 5) is 44.7. The van der Waals surface area contributed by atoms with Crippen LogP contribution in [-0.4, -0.2) is 71.7 Å². The van der Waals surface area contributed by atoms with Gasteiger partial charge in [0.1, 0.15) is 11.6 Å². The fraction of sp³-hybridized carbons (Fsp3) is 0.483. The maximum absolute atomic E-state index is 13.8. The van der Waals surface area contributed by atoms with Gasteiger partial charge in [0.2, 0.25) is 17.7 Å². The normalized spacial score (nSPS) is 27.3. The number of ether oxygens (including phenoxy) is 1. The molecule has 38 heavy (non-hydrogen) atoms. The first kappa shape index (κ1) is 26.2. The lowest BCUT2D eigenvalue weighted by atomic mass is 9.70. The van der Waals surface area contributed by atoms with E-state index >= 15 is 0 Å². The molecule has 0 aliphatic carbocycles. The molecule has 5 atom stereocenters. The molecule has 9 heteroatoms. The number of hydrogen-bond donors (Lipinski definition) is 3. The lowest BCUT2D eigenvalue weighted by Gasteiger charge is -2.33. The van der Waals surface area contributed by atoms with Crippen LogP contribution >= 0.6 is 0 Å². The molecule has 3 heterocycles. The van der Waals surface area contributed by atoms with Gasteiger partial charge in [0.05, 0.1) is 17.9 Å². The van der Waals surface area contributed by atoms with Gasteiger partial charge in [-0.25, -0.2) is 0 Å². The minimum absolute atomic E-state index is 0.107. The molecule has 202 valence electrons. The highest BCUT2D eigenvalue weighted by Crippen LogP contribution is 2.58. The van der Waals surface area contributed by atoms with E-state index in [0.717, 1.165) is 18.8 Å². The van der Waals surface area contributed by atoms with E-state index in [4.69, 9.17) is 4.74 Å². The molecule has 0 aromatic heterocycles. The van der Waals surface area contributed by atoms with Crippen LogP contribution in [0.1, 0.15) is 33.1 Å². The Balaban J connectivity index is 1.40. The van der Waals surface area contributed by atoms with Gasteiger partial charge in [-0.3, -0.25) is 14.4 Å². The number of nitrogens with zero attached hydrogens (tertiary/aromatic N) is 2. The first-order chi connectivity index (χ1) is 18.4. The summed E-state index contributed by atoms with van der Waals surface area (Å²) in [5.41, 5.74) is 1.28. The van der Waals surface area contributed by atoms with E-state index in [9.17, 15) is 19.5 Å². The number of likely N-dealkylation sites (tertiary alicyclic amines) is 1. The van der Waals surface area contributed by atoms with Gasteiger partial charge in [-0.05, 0) is 69.5 Å². The lowest BCUT2D eigenvalue weighted by Crippen LogP contribution is -2.53. The van der Waals surface area contributed by atoms with Crippen LogP contribution < -0.4 is 15.5 Å². The highest BCUT2D eigenvalue weighted by Gasteiger charge is 2.74. The van der Waals surface area contributed by atoms with Gasteiger partial charge in [-0.1, -0.05) is 18.2 Å². The van der Waals surface area contributed by atoms with Gasteiger partial charge in [-0.15, -0.1) is 0 Å². The number of amides is 3. The third-order valence-corrected chi connectivity index (χ3v) is 8.21. The number of para-hydroxylation sites is 1. The first-order valence-corrected chi connectivity index (χ1v) is 13.5. The molecule has 3 aliphatic heterocycles. The number of carbonyl (C=O) groups excluding carboxylic acids is 3. The quantitative estimate of drug-likeness (QED) is 0.444. The first-order valence-electron chi connectivity index (χ1n) is 13.5. The van der Waals surface area contributed by atoms with Crippen molar-refractivity contribution in [3.05, 3.63) is 54.6 Å². The van der Waals surface area contributed by atoms with Crippen LogP contribution in [0.3, 0.4) is 0 Å². The van der Waals surface area contributed by atoms with Crippen molar-refractivity contribution in [2.75, 3.05) is 41.8 Å². The maximum atomic E-state index is 13.8. The fourth-order valence-electron chi connectivity index (χ4n) is 6.54. The van der Waals surface area contributed by atoms with Crippen molar-refractivity contribution < 1.29 is 24.2 Å². The van der Waals surface area contributed by atoms with Gasteiger partial charge >= 0.3 is 0 Å². The van der Waals surface area contributed by atoms with E-state index in [1.165, 1.54) is 4.90 Å². The van der Waals surface area contributed by atoms with Crippen molar-refractivity contribution in [1.82, 2.24) is 4.90 Å². The molecule has 0 saturated carbocycles. The summed E-state index contributed by atoms with van der Waals surface area (Å²) in [5, 5.41) is 15.4. The second kappa shape index (κ2) is 10.7. The third kappa shape index (κ3) is 4.43. The fourth-order valence-corrected chi connectivity index (χ4v) is 6.54. The largest absolute Gasteiger partial charge is 0.396 e. The number of anilines is 3. The van der Waals surface area contributed by atoms with Crippen molar-refractivity contribution >= 4 is 34.8 Å². The van der Waals surface area contributed by atoms with E-state index in [2.05, 4.69) is 29.4 Å². The molecule has 3 saturated heterocycles. The van der Waals surface area contributed by atoms with Crippen LogP contribution in [0.2, 0.25) is 0 Å². The molecule has 9 nitrogen and oxygen atoms in total. The average Bonchev–Trinajstić information content (AvgIpc) is 3.57. The van der Waals surface area contributed by atoms with Crippen LogP contribution in [0.15, 0.2) is 54.6 Å². The molecule has 3 aliphatic rings. The SMILES string of the molecule is CCN(CC)c1ccc(NC(=O)C2N(CCCO)C(=O)[C@@H]3[C@H](C(=O)Nc4ccccc4)[C@@H]4CCC23O4)cc1. The summed E-state index contributed by atoms with van der Waals surface area (Å²) in [5.74, 6) is -2.29. The number of fused-ring (bicyclic) bond motifs is 1. The maximum Gasteiger partial charge on any atom is 0.250 e. The smallest absolute Gasteiger partial charge is 0.250 e. The summed E-state index contributed by atoms with van der Waals surface area (Å²) in [6.07, 6.45) is 1.04. The van der Waals surface area contributed by atoms with Crippen LogP contribution in [0.25, 0.3) is 0 Å². The minimum atomic E-state index is -1.07. The number of aliphatic hydroxyl groups is 1. The van der Waals surface area contributed by atoms with Crippen LogP contribution in [0, 0.1) is 11.8 Å². The van der Waals surface area contributed by atoms with E-state index in [1.54, 1.807) is 12.1 Å². The molecular formula is C29H36N4O5. The Labute approximate surface area is 223 Å². The van der Waals surface area contributed by atoms with Crippen molar-refractivity contribution in [3.63, 3.8) is 0 Å². The third-order valence-electron chi connectivity index (χ3n) is 8.21. The topological polar surface area (TPSA) is 111 Å². The molecule has 2 aromatic rings. The van der Waals surface area contributed by atoms with E-state index in [-0.39, 0.29) is 30.9 Å². The number of aliphatic hydroxyl groups excluding tert-OH is 1. The standard InChI is InChI=1S/C29H36N4O5/c1-3-32(4-2)21-13-11-20(12-14-21)31-27(36)25-29-16-15-22(38-29)23(24(29)28(37)33(25)17-8-18-34)26(35)30-19-9-6-5-7-10-19/h5-7,9-14,22-25,34H,3-4,8,15-18H2,1-2H3,(H,30,35)(H,31,36)/t22-,23+,24-,25?,29?/m0/s1. The molecule has 5 rings (SSSR count). The van der Waals surface area contributed by atoms with E-state index in [0.29, 0.717) is 30.6 Å². The van der Waals surface area contributed by atoms with Crippen LogP contribution in [0.5, 0.6) is 0 Å². The van der Waals surface area contributed by atoms with E-state index < -0.39 is 29.6 Å². The predicted molar refractivity (Wildman–Crippen MR) is 145 cm³/mol. The molecule has 3 fully saturated rings. The Hall–Kier alpha value is -3.43. The number of benzene rings is 2. The molecule has 2 unspecified atom stereocenters. The van der Waals surface area contributed by atoms with Gasteiger partial charge in [-0.2, -0.15) is 0 Å². The number of rotatable bonds is 10. The summed E-state index contributed by atoms with van der Waals surface area (Å²) in [6, 6.07) is 15.9. The molecule has 0 radical (unpaired) electrons. The zero-order valence-corrected chi connectivity index (χ0v) is 21.9. The van der Waals surface area contributed by atoms with Crippen molar-refractivity contribution in [2.24, 2.45) is 11.8 Å². The lowest BCUT2D eigenvalue weighted by molar-refractivity contribution is -0.139. The van der Waals surface area contributed by atoms with Crippen molar-refractivity contribution in [3.8, 4) is 0 Å². The van der Waals surface area contributed by atoms with Gasteiger partial charge < -0.3 is 30.3 Å². The summed E-state index contributed by atoms with van der Waals surface area (Å²) in [7, 11) is 0. The summed E-state index contributed by atoms with van der Waals surface area (Å²) < 4.78 is 6.43. The Kier molecular flexibility index (Phi) is 7.40. The number of nitrogens with one attached hydrogen (secondary N) is 2. The highest BCUT2D eigenvalue weighted by molar-refractivity contribution is 6.05. The molecule has 3 N–H and O–H groups in total. The summed E-state index contributed by atoms with van der Waals surface area (Å²) >= 11 is 0. The van der Waals surface area contributed by atoms with Gasteiger partial charge in [0.15, 0.2) is 0 Å². The Morgan fingerprint density at radius 1 is 1.03 bits per heavy atom. The second-order valence-electron chi connectivity index (χ2n) is 10.2.